The van der Waals surface area contributed by atoms with E-state index in [1.54, 1.807) is 43.5 Å². The number of thioether (sulfide) groups is 1. The normalized spacial score (nSPS) is 11.9. The summed E-state index contributed by atoms with van der Waals surface area (Å²) in [5, 5.41) is 8.44. The molecule has 0 aliphatic carbocycles. The highest BCUT2D eigenvalue weighted by Gasteiger charge is 2.17. The average Bonchev–Trinajstić information content (AvgIpc) is 2.49. The molecular weight excluding hydrogens is 296 g/mol. The maximum absolute atomic E-state index is 12.3. The molecule has 0 saturated carbocycles. The second-order valence-corrected chi connectivity index (χ2v) is 5.80. The predicted octanol–water partition coefficient (Wildman–Crippen LogP) is 3.50. The van der Waals surface area contributed by atoms with Crippen LogP contribution in [0.1, 0.15) is 17.3 Å². The number of hydrogen-bond donors (Lipinski definition) is 0. The minimum Gasteiger partial charge on any atom is -0.497 e. The SMILES string of the molecule is COc1ccc(C(=O)[C@@H](C)Sc2ccc(Cl)nn2)cc1. The van der Waals surface area contributed by atoms with Crippen molar-refractivity contribution in [2.45, 2.75) is 17.2 Å². The van der Waals surface area contributed by atoms with Gasteiger partial charge in [-0.2, -0.15) is 0 Å². The average molecular weight is 309 g/mol. The number of ketones is 1. The molecule has 1 aromatic heterocycles. The molecule has 0 aliphatic heterocycles. The zero-order chi connectivity index (χ0) is 14.5. The Hall–Kier alpha value is -1.59. The summed E-state index contributed by atoms with van der Waals surface area (Å²) >= 11 is 7.03. The third kappa shape index (κ3) is 3.71. The van der Waals surface area contributed by atoms with Crippen molar-refractivity contribution in [2.24, 2.45) is 0 Å². The molecule has 0 bridgehead atoms. The number of halogens is 1. The number of hydrogen-bond acceptors (Lipinski definition) is 5. The molecule has 0 saturated heterocycles. The largest absolute Gasteiger partial charge is 0.497 e. The maximum Gasteiger partial charge on any atom is 0.175 e. The topological polar surface area (TPSA) is 52.1 Å². The summed E-state index contributed by atoms with van der Waals surface area (Å²) < 4.78 is 5.07. The highest BCUT2D eigenvalue weighted by atomic mass is 35.5. The maximum atomic E-state index is 12.3. The fourth-order valence-electron chi connectivity index (χ4n) is 1.59. The van der Waals surface area contributed by atoms with Gasteiger partial charge in [-0.3, -0.25) is 4.79 Å². The van der Waals surface area contributed by atoms with Crippen molar-refractivity contribution in [3.05, 3.63) is 47.1 Å². The van der Waals surface area contributed by atoms with Crippen molar-refractivity contribution in [2.75, 3.05) is 7.11 Å². The van der Waals surface area contributed by atoms with Crippen molar-refractivity contribution in [3.8, 4) is 5.75 Å². The minimum absolute atomic E-state index is 0.0365. The Balaban J connectivity index is 2.05. The molecule has 4 nitrogen and oxygen atoms in total. The summed E-state index contributed by atoms with van der Waals surface area (Å²) in [5.74, 6) is 0.764. The number of carbonyl (C=O) groups excluding carboxylic acids is 1. The van der Waals surface area contributed by atoms with Gasteiger partial charge in [-0.15, -0.1) is 10.2 Å². The number of ether oxygens (including phenoxy) is 1. The first-order valence-electron chi connectivity index (χ1n) is 5.94. The van der Waals surface area contributed by atoms with Gasteiger partial charge in [0.1, 0.15) is 10.8 Å². The molecule has 1 atom stereocenters. The van der Waals surface area contributed by atoms with Gasteiger partial charge < -0.3 is 4.74 Å². The number of rotatable bonds is 5. The lowest BCUT2D eigenvalue weighted by atomic mass is 10.1. The van der Waals surface area contributed by atoms with E-state index in [1.807, 2.05) is 6.92 Å². The van der Waals surface area contributed by atoms with Gasteiger partial charge in [0, 0.05) is 5.56 Å². The summed E-state index contributed by atoms with van der Waals surface area (Å²) in [6.07, 6.45) is 0. The van der Waals surface area contributed by atoms with Crippen LogP contribution in [0, 0.1) is 0 Å². The summed E-state index contributed by atoms with van der Waals surface area (Å²) in [6, 6.07) is 10.5. The third-order valence-electron chi connectivity index (χ3n) is 2.65. The molecule has 2 aromatic rings. The quantitative estimate of drug-likeness (QED) is 0.625. The highest BCUT2D eigenvalue weighted by molar-refractivity contribution is 8.00. The molecule has 0 N–H and O–H groups in total. The number of carbonyl (C=O) groups is 1. The summed E-state index contributed by atoms with van der Waals surface area (Å²) in [5.41, 5.74) is 0.646. The Kier molecular flexibility index (Phi) is 4.98. The third-order valence-corrected chi connectivity index (χ3v) is 3.88. The first kappa shape index (κ1) is 14.8. The molecule has 0 fully saturated rings. The molecular formula is C14H13ClN2O2S. The van der Waals surface area contributed by atoms with Crippen LogP contribution in [0.25, 0.3) is 0 Å². The number of nitrogens with zero attached hydrogens (tertiary/aromatic N) is 2. The standard InChI is InChI=1S/C14H13ClN2O2S/c1-9(20-13-8-7-12(15)16-17-13)14(18)10-3-5-11(19-2)6-4-10/h3-9H,1-2H3/t9-/m1/s1. The lowest BCUT2D eigenvalue weighted by molar-refractivity contribution is 0.0994. The van der Waals surface area contributed by atoms with Gasteiger partial charge in [-0.25, -0.2) is 0 Å². The van der Waals surface area contributed by atoms with Gasteiger partial charge in [0.25, 0.3) is 0 Å². The molecule has 1 heterocycles. The van der Waals surface area contributed by atoms with Crippen molar-refractivity contribution in [1.82, 2.24) is 10.2 Å². The van der Waals surface area contributed by atoms with Crippen LogP contribution in [0.3, 0.4) is 0 Å². The van der Waals surface area contributed by atoms with Gasteiger partial charge in [0.2, 0.25) is 0 Å². The highest BCUT2D eigenvalue weighted by Crippen LogP contribution is 2.24. The van der Waals surface area contributed by atoms with Crippen molar-refractivity contribution in [3.63, 3.8) is 0 Å². The van der Waals surface area contributed by atoms with Crippen LogP contribution >= 0.6 is 23.4 Å². The van der Waals surface area contributed by atoms with Crippen LogP contribution in [0.2, 0.25) is 5.15 Å². The number of aromatic nitrogens is 2. The van der Waals surface area contributed by atoms with Crippen LogP contribution in [0.5, 0.6) is 5.75 Å². The van der Waals surface area contributed by atoms with E-state index in [-0.39, 0.29) is 11.0 Å². The first-order chi connectivity index (χ1) is 9.60. The Morgan fingerprint density at radius 2 is 1.90 bits per heavy atom. The second kappa shape index (κ2) is 6.72. The number of benzene rings is 1. The van der Waals surface area contributed by atoms with E-state index < -0.39 is 0 Å². The lowest BCUT2D eigenvalue weighted by Gasteiger charge is -2.09. The Labute approximate surface area is 126 Å². The molecule has 0 amide bonds. The summed E-state index contributed by atoms with van der Waals surface area (Å²) in [6.45, 7) is 1.84. The van der Waals surface area contributed by atoms with Crippen molar-refractivity contribution in [1.29, 1.82) is 0 Å². The van der Waals surface area contributed by atoms with E-state index in [9.17, 15) is 4.79 Å². The van der Waals surface area contributed by atoms with Gasteiger partial charge in [0.05, 0.1) is 12.4 Å². The Morgan fingerprint density at radius 3 is 2.45 bits per heavy atom. The molecule has 6 heteroatoms. The number of methoxy groups -OCH3 is 1. The molecule has 0 spiro atoms. The van der Waals surface area contributed by atoms with E-state index in [0.29, 0.717) is 15.7 Å². The fraction of sp³-hybridized carbons (Fsp3) is 0.214. The monoisotopic (exact) mass is 308 g/mol. The van der Waals surface area contributed by atoms with Crippen molar-refractivity contribution >= 4 is 29.1 Å². The van der Waals surface area contributed by atoms with E-state index in [2.05, 4.69) is 10.2 Å². The molecule has 1 aromatic carbocycles. The molecule has 0 radical (unpaired) electrons. The van der Waals surface area contributed by atoms with Gasteiger partial charge in [-0.1, -0.05) is 23.4 Å². The molecule has 104 valence electrons. The molecule has 0 aliphatic rings. The van der Waals surface area contributed by atoms with Gasteiger partial charge in [0.15, 0.2) is 10.9 Å². The number of Topliss-reactive ketones (excluding diaryl/α,β-unsaturated/α-hetero) is 1. The Morgan fingerprint density at radius 1 is 1.20 bits per heavy atom. The van der Waals surface area contributed by atoms with Crippen LogP contribution in [0.15, 0.2) is 41.4 Å². The van der Waals surface area contributed by atoms with Crippen LogP contribution in [-0.4, -0.2) is 28.3 Å². The van der Waals surface area contributed by atoms with Crippen LogP contribution in [-0.2, 0) is 0 Å². The fourth-order valence-corrected chi connectivity index (χ4v) is 2.53. The van der Waals surface area contributed by atoms with E-state index in [4.69, 9.17) is 16.3 Å². The van der Waals surface area contributed by atoms with Crippen molar-refractivity contribution < 1.29 is 9.53 Å². The second-order valence-electron chi connectivity index (χ2n) is 4.05. The Bertz CT molecular complexity index is 587. The summed E-state index contributed by atoms with van der Waals surface area (Å²) in [4.78, 5) is 12.3. The summed E-state index contributed by atoms with van der Waals surface area (Å²) in [7, 11) is 1.59. The first-order valence-corrected chi connectivity index (χ1v) is 7.20. The molecule has 0 unspecified atom stereocenters. The molecule has 2 rings (SSSR count). The zero-order valence-corrected chi connectivity index (χ0v) is 12.6. The van der Waals surface area contributed by atoms with Crippen LogP contribution < -0.4 is 4.74 Å². The predicted molar refractivity (Wildman–Crippen MR) is 79.7 cm³/mol. The van der Waals surface area contributed by atoms with E-state index in [0.717, 1.165) is 5.75 Å². The lowest BCUT2D eigenvalue weighted by Crippen LogP contribution is -2.13. The van der Waals surface area contributed by atoms with E-state index >= 15 is 0 Å². The smallest absolute Gasteiger partial charge is 0.175 e. The minimum atomic E-state index is -0.251. The molecule has 20 heavy (non-hydrogen) atoms. The van der Waals surface area contributed by atoms with Gasteiger partial charge in [-0.05, 0) is 43.3 Å². The zero-order valence-electron chi connectivity index (χ0n) is 11.0. The van der Waals surface area contributed by atoms with Gasteiger partial charge >= 0.3 is 0 Å². The van der Waals surface area contributed by atoms with E-state index in [1.165, 1.54) is 11.8 Å². The van der Waals surface area contributed by atoms with Crippen LogP contribution in [0.4, 0.5) is 0 Å².